The molecule has 15 heteroatoms. The number of carbonyl (C=O) groups is 4. The summed E-state index contributed by atoms with van der Waals surface area (Å²) in [6, 6.07) is 28.2. The van der Waals surface area contributed by atoms with Crippen LogP contribution in [0.15, 0.2) is 103 Å². The van der Waals surface area contributed by atoms with Crippen molar-refractivity contribution in [2.75, 3.05) is 40.8 Å². The number of piperidine rings is 1. The molecule has 2 fully saturated rings. The average Bonchev–Trinajstić information content (AvgIpc) is 3.65. The molecule has 4 atom stereocenters. The van der Waals surface area contributed by atoms with Crippen molar-refractivity contribution >= 4 is 46.9 Å². The summed E-state index contributed by atoms with van der Waals surface area (Å²) in [6.07, 6.45) is 3.72. The van der Waals surface area contributed by atoms with Crippen molar-refractivity contribution in [1.29, 1.82) is 0 Å². The van der Waals surface area contributed by atoms with Crippen LogP contribution >= 0.6 is 23.2 Å². The Morgan fingerprint density at radius 1 is 0.938 bits per heavy atom. The summed E-state index contributed by atoms with van der Waals surface area (Å²) in [5.74, 6) is -0.309. The van der Waals surface area contributed by atoms with E-state index < -0.39 is 41.3 Å². The van der Waals surface area contributed by atoms with E-state index in [1.54, 1.807) is 35.9 Å². The molecule has 4 aromatic carbocycles. The number of imidazole rings is 1. The maximum Gasteiger partial charge on any atom is 0.306 e. The van der Waals surface area contributed by atoms with E-state index in [2.05, 4.69) is 25.1 Å². The molecule has 2 aliphatic heterocycles. The number of cyclic esters (lactones) is 1. The van der Waals surface area contributed by atoms with Gasteiger partial charge in [0.25, 0.3) is 0 Å². The summed E-state index contributed by atoms with van der Waals surface area (Å²) in [7, 11) is 7.79. The van der Waals surface area contributed by atoms with Gasteiger partial charge in [0.1, 0.15) is 30.0 Å². The van der Waals surface area contributed by atoms with Crippen LogP contribution in [0.4, 0.5) is 0 Å². The highest BCUT2D eigenvalue weighted by molar-refractivity contribution is 6.31. The molecule has 1 aromatic heterocycles. The van der Waals surface area contributed by atoms with Crippen LogP contribution in [0.1, 0.15) is 48.7 Å². The molecule has 5 aromatic rings. The maximum atomic E-state index is 14.5. The number of fused-ring (bicyclic) bond motifs is 2. The van der Waals surface area contributed by atoms with Gasteiger partial charge < -0.3 is 39.4 Å². The number of nitrogens with one attached hydrogen (secondary N) is 2. The zero-order valence-corrected chi connectivity index (χ0v) is 39.1. The van der Waals surface area contributed by atoms with Gasteiger partial charge in [-0.2, -0.15) is 0 Å². The van der Waals surface area contributed by atoms with E-state index >= 15 is 0 Å². The van der Waals surface area contributed by atoms with E-state index in [9.17, 15) is 19.2 Å². The van der Waals surface area contributed by atoms with Gasteiger partial charge in [0.15, 0.2) is 0 Å². The van der Waals surface area contributed by atoms with Crippen LogP contribution in [0.5, 0.6) is 11.5 Å². The average molecular weight is 923 g/mol. The molecule has 7 rings (SSSR count). The van der Waals surface area contributed by atoms with Crippen molar-refractivity contribution < 1.29 is 28.7 Å². The van der Waals surface area contributed by atoms with Crippen LogP contribution < -0.4 is 15.4 Å². The topological polar surface area (TPSA) is 138 Å². The SMILES string of the molecule is C[C@H](NCc1ccc(Cl)cc1Oc1ccc(-c2cnc(CN(C)C)n2C)cc1)C(=O)N[C@H]1COC(=O)C[C@@H](Cc2ccccc2)C(=O)N(C)[C@@]2(Cc3ccc(Cl)cc3)CCCN(C2)C1=O. The van der Waals surface area contributed by atoms with Crippen LogP contribution in [-0.4, -0.2) is 106 Å². The largest absolute Gasteiger partial charge is 0.463 e. The molecule has 0 saturated carbocycles. The van der Waals surface area contributed by atoms with Crippen molar-refractivity contribution in [3.8, 4) is 22.8 Å². The minimum atomic E-state index is -1.17. The first-order valence-corrected chi connectivity index (χ1v) is 22.7. The summed E-state index contributed by atoms with van der Waals surface area (Å²) in [5.41, 5.74) is 3.81. The zero-order valence-electron chi connectivity index (χ0n) is 37.6. The van der Waals surface area contributed by atoms with Crippen molar-refractivity contribution in [2.45, 2.75) is 69.7 Å². The Morgan fingerprint density at radius 3 is 2.38 bits per heavy atom. The fraction of sp³-hybridized carbons (Fsp3) is 0.380. The molecule has 65 heavy (non-hydrogen) atoms. The first-order chi connectivity index (χ1) is 31.2. The van der Waals surface area contributed by atoms with E-state index in [-0.39, 0.29) is 32.0 Å². The number of halogens is 2. The predicted octanol–water partition coefficient (Wildman–Crippen LogP) is 7.08. The first kappa shape index (κ1) is 47.2. The van der Waals surface area contributed by atoms with Crippen molar-refractivity contribution in [3.63, 3.8) is 0 Å². The predicted molar refractivity (Wildman–Crippen MR) is 251 cm³/mol. The van der Waals surface area contributed by atoms with E-state index in [4.69, 9.17) is 32.7 Å². The summed E-state index contributed by atoms with van der Waals surface area (Å²) in [4.78, 5) is 66.6. The van der Waals surface area contributed by atoms with Crippen LogP contribution in [-0.2, 0) is 56.9 Å². The van der Waals surface area contributed by atoms with Crippen molar-refractivity contribution in [1.82, 2.24) is 34.9 Å². The molecule has 0 aliphatic carbocycles. The van der Waals surface area contributed by atoms with Crippen molar-refractivity contribution in [2.24, 2.45) is 13.0 Å². The lowest BCUT2D eigenvalue weighted by molar-refractivity contribution is -0.158. The zero-order chi connectivity index (χ0) is 46.3. The summed E-state index contributed by atoms with van der Waals surface area (Å²) < 4.78 is 14.1. The second-order valence-corrected chi connectivity index (χ2v) is 18.3. The summed E-state index contributed by atoms with van der Waals surface area (Å²) in [6.45, 7) is 2.91. The van der Waals surface area contributed by atoms with E-state index in [0.29, 0.717) is 53.8 Å². The van der Waals surface area contributed by atoms with Gasteiger partial charge in [-0.15, -0.1) is 0 Å². The van der Waals surface area contributed by atoms with Crippen LogP contribution in [0.25, 0.3) is 11.3 Å². The Labute approximate surface area is 391 Å². The van der Waals surface area contributed by atoms with Gasteiger partial charge in [-0.05, 0) is 106 Å². The Balaban J connectivity index is 1.06. The Morgan fingerprint density at radius 2 is 1.66 bits per heavy atom. The maximum absolute atomic E-state index is 14.5. The number of benzene rings is 4. The van der Waals surface area contributed by atoms with Gasteiger partial charge in [-0.25, -0.2) is 4.98 Å². The molecule has 3 heterocycles. The quantitative estimate of drug-likeness (QED) is 0.112. The number of carbonyl (C=O) groups excluding carboxylic acids is 4. The molecular weight excluding hydrogens is 865 g/mol. The minimum absolute atomic E-state index is 0.191. The summed E-state index contributed by atoms with van der Waals surface area (Å²) >= 11 is 12.7. The third-order valence-corrected chi connectivity index (χ3v) is 12.9. The Kier molecular flexibility index (Phi) is 15.3. The van der Waals surface area contributed by atoms with Gasteiger partial charge in [-0.1, -0.05) is 71.7 Å². The molecule has 13 nitrogen and oxygen atoms in total. The number of ether oxygens (including phenoxy) is 2. The molecule has 3 amide bonds. The molecule has 0 radical (unpaired) electrons. The van der Waals surface area contributed by atoms with E-state index in [0.717, 1.165) is 40.3 Å². The number of likely N-dealkylation sites (N-methyl/N-ethyl adjacent to an activating group) is 1. The Bertz CT molecular complexity index is 2460. The molecule has 2 N–H and O–H groups in total. The molecule has 2 saturated heterocycles. The second-order valence-electron chi connectivity index (χ2n) is 17.5. The second kappa shape index (κ2) is 21.1. The van der Waals surface area contributed by atoms with E-state index in [1.165, 1.54) is 0 Å². The molecule has 0 unspecified atom stereocenters. The lowest BCUT2D eigenvalue weighted by Gasteiger charge is -2.50. The van der Waals surface area contributed by atoms with Gasteiger partial charge in [0, 0.05) is 54.9 Å². The number of aromatic nitrogens is 2. The molecule has 2 aliphatic rings. The molecule has 342 valence electrons. The normalized spacial score (nSPS) is 19.9. The number of hydrogen-bond acceptors (Lipinski definition) is 9. The third kappa shape index (κ3) is 11.8. The molecule has 0 spiro atoms. The van der Waals surface area contributed by atoms with E-state index in [1.807, 2.05) is 112 Å². The highest BCUT2D eigenvalue weighted by atomic mass is 35.5. The minimum Gasteiger partial charge on any atom is -0.463 e. The van der Waals surface area contributed by atoms with Crippen LogP contribution in [0.2, 0.25) is 10.0 Å². The van der Waals surface area contributed by atoms with Crippen LogP contribution in [0, 0.1) is 5.92 Å². The van der Waals surface area contributed by atoms with Gasteiger partial charge >= 0.3 is 5.97 Å². The number of rotatable bonds is 14. The number of amides is 3. The molecular formula is C50H57Cl2N7O6. The number of hydrogen-bond donors (Lipinski definition) is 2. The first-order valence-electron chi connectivity index (χ1n) is 21.9. The monoisotopic (exact) mass is 921 g/mol. The highest BCUT2D eigenvalue weighted by Gasteiger charge is 2.46. The highest BCUT2D eigenvalue weighted by Crippen LogP contribution is 2.35. The third-order valence-electron chi connectivity index (χ3n) is 12.4. The Hall–Kier alpha value is -5.73. The lowest BCUT2D eigenvalue weighted by Crippen LogP contribution is -2.65. The smallest absolute Gasteiger partial charge is 0.306 e. The van der Waals surface area contributed by atoms with Crippen molar-refractivity contribution in [3.05, 3.63) is 136 Å². The number of nitrogens with zero attached hydrogens (tertiary/aromatic N) is 5. The fourth-order valence-electron chi connectivity index (χ4n) is 8.69. The number of esters is 1. The van der Waals surface area contributed by atoms with Gasteiger partial charge in [0.05, 0.1) is 42.4 Å². The van der Waals surface area contributed by atoms with Gasteiger partial charge in [-0.3, -0.25) is 19.2 Å². The fourth-order valence-corrected chi connectivity index (χ4v) is 8.98. The summed E-state index contributed by atoms with van der Waals surface area (Å²) in [5, 5.41) is 7.24. The lowest BCUT2D eigenvalue weighted by atomic mass is 9.80. The standard InChI is InChI=1S/C50H57Cl2N7O6/c1-33(53-28-37-14-19-40(52)26-44(37)65-41-20-15-36(16-21-41)43-29-54-45(57(43)4)30-56(2)3)47(61)55-42-31-64-46(60)25-38(24-34-10-7-6-8-11-34)48(62)58(5)50(22-9-23-59(32-50)49(42)63)27-35-12-17-39(51)18-13-35/h6-8,10-21,26,29,33,38,42,53H,9,22-25,27-28,30-32H2,1-5H3,(H,55,61)/t33-,38+,42-,50+/m0/s1. The molecule has 2 bridgehead atoms. The van der Waals surface area contributed by atoms with Gasteiger partial charge in [0.2, 0.25) is 17.7 Å². The van der Waals surface area contributed by atoms with Crippen LogP contribution in [0.3, 0.4) is 0 Å².